The van der Waals surface area contributed by atoms with Gasteiger partial charge in [-0.05, 0) is 36.2 Å². The Labute approximate surface area is 136 Å². The highest BCUT2D eigenvalue weighted by Gasteiger charge is 2.06. The average molecular weight is 309 g/mol. The second-order valence-electron chi connectivity index (χ2n) is 5.04. The third-order valence-corrected chi connectivity index (χ3v) is 3.24. The van der Waals surface area contributed by atoms with Crippen molar-refractivity contribution in [1.82, 2.24) is 0 Å². The average Bonchev–Trinajstić information content (AvgIpc) is 2.61. The summed E-state index contributed by atoms with van der Waals surface area (Å²) in [5.41, 5.74) is 1.69. The number of ketones is 1. The maximum atomic E-state index is 11.9. The number of hydrogen-bond acceptors (Lipinski definition) is 4. The number of ether oxygens (including phenoxy) is 2. The van der Waals surface area contributed by atoms with E-state index in [9.17, 15) is 4.79 Å². The van der Waals surface area contributed by atoms with E-state index >= 15 is 0 Å². The van der Waals surface area contributed by atoms with Crippen LogP contribution >= 0.6 is 0 Å². The van der Waals surface area contributed by atoms with Gasteiger partial charge < -0.3 is 9.47 Å². The van der Waals surface area contributed by atoms with Gasteiger partial charge >= 0.3 is 0 Å². The van der Waals surface area contributed by atoms with Crippen LogP contribution in [-0.4, -0.2) is 19.0 Å². The van der Waals surface area contributed by atoms with Gasteiger partial charge in [-0.3, -0.25) is 4.79 Å². The molecule has 0 aliphatic heterocycles. The molecule has 0 amide bonds. The number of Topliss-reactive ketones (excluding diaryl/α,β-unsaturated/α-hetero) is 1. The molecule has 0 spiro atoms. The van der Waals surface area contributed by atoms with Gasteiger partial charge in [0.25, 0.3) is 0 Å². The third kappa shape index (κ3) is 5.93. The van der Waals surface area contributed by atoms with E-state index in [1.807, 2.05) is 36.4 Å². The van der Waals surface area contributed by atoms with Gasteiger partial charge in [0.05, 0.1) is 6.07 Å². The Hall–Kier alpha value is -2.64. The van der Waals surface area contributed by atoms with E-state index < -0.39 is 0 Å². The molecule has 0 aromatic heterocycles. The van der Waals surface area contributed by atoms with Crippen LogP contribution in [0.15, 0.2) is 54.6 Å². The van der Waals surface area contributed by atoms with E-state index in [0.29, 0.717) is 31.6 Å². The SMILES string of the molecule is N#CCCCOCC(=O)c1ccc(OCc2ccccc2)cc1. The predicted molar refractivity (Wildman–Crippen MR) is 87.2 cm³/mol. The molecule has 2 rings (SSSR count). The summed E-state index contributed by atoms with van der Waals surface area (Å²) < 4.78 is 10.9. The van der Waals surface area contributed by atoms with Crippen LogP contribution in [0.4, 0.5) is 0 Å². The first kappa shape index (κ1) is 16.7. The molecule has 23 heavy (non-hydrogen) atoms. The van der Waals surface area contributed by atoms with Gasteiger partial charge in [0.1, 0.15) is 19.0 Å². The molecule has 0 unspecified atom stereocenters. The molecule has 0 fully saturated rings. The van der Waals surface area contributed by atoms with Crippen LogP contribution in [0.2, 0.25) is 0 Å². The fourth-order valence-corrected chi connectivity index (χ4v) is 1.98. The topological polar surface area (TPSA) is 59.3 Å². The lowest BCUT2D eigenvalue weighted by molar-refractivity contribution is 0.0757. The van der Waals surface area contributed by atoms with Gasteiger partial charge in [-0.15, -0.1) is 0 Å². The molecule has 0 N–H and O–H groups in total. The van der Waals surface area contributed by atoms with Crippen molar-refractivity contribution in [2.24, 2.45) is 0 Å². The van der Waals surface area contributed by atoms with E-state index in [2.05, 4.69) is 0 Å². The number of unbranched alkanes of at least 4 members (excludes halogenated alkanes) is 1. The lowest BCUT2D eigenvalue weighted by Gasteiger charge is -2.07. The van der Waals surface area contributed by atoms with Crippen LogP contribution < -0.4 is 4.74 Å². The standard InChI is InChI=1S/C19H19NO3/c20-12-4-5-13-22-15-19(21)17-8-10-18(11-9-17)23-14-16-6-2-1-3-7-16/h1-3,6-11H,4-5,13-15H2. The van der Waals surface area contributed by atoms with Crippen molar-refractivity contribution in [3.63, 3.8) is 0 Å². The zero-order valence-corrected chi connectivity index (χ0v) is 12.9. The molecule has 0 saturated heterocycles. The van der Waals surface area contributed by atoms with E-state index in [-0.39, 0.29) is 12.4 Å². The molecular formula is C19H19NO3. The van der Waals surface area contributed by atoms with Crippen LogP contribution in [-0.2, 0) is 11.3 Å². The quantitative estimate of drug-likeness (QED) is 0.522. The van der Waals surface area contributed by atoms with Crippen LogP contribution in [0, 0.1) is 11.3 Å². The summed E-state index contributed by atoms with van der Waals surface area (Å²) in [4.78, 5) is 11.9. The molecule has 0 aliphatic rings. The van der Waals surface area contributed by atoms with Crippen molar-refractivity contribution >= 4 is 5.78 Å². The number of rotatable bonds is 9. The largest absolute Gasteiger partial charge is 0.489 e. The zero-order chi connectivity index (χ0) is 16.3. The fourth-order valence-electron chi connectivity index (χ4n) is 1.98. The van der Waals surface area contributed by atoms with Crippen molar-refractivity contribution in [1.29, 1.82) is 5.26 Å². The first-order valence-corrected chi connectivity index (χ1v) is 7.54. The zero-order valence-electron chi connectivity index (χ0n) is 12.9. The summed E-state index contributed by atoms with van der Waals surface area (Å²) >= 11 is 0. The predicted octanol–water partition coefficient (Wildman–Crippen LogP) is 3.77. The Bertz CT molecular complexity index is 645. The number of nitriles is 1. The van der Waals surface area contributed by atoms with Gasteiger partial charge in [-0.1, -0.05) is 30.3 Å². The number of carbonyl (C=O) groups is 1. The van der Waals surface area contributed by atoms with E-state index in [4.69, 9.17) is 14.7 Å². The van der Waals surface area contributed by atoms with Crippen LogP contribution in [0.3, 0.4) is 0 Å². The molecule has 4 nitrogen and oxygen atoms in total. The minimum atomic E-state index is -0.0726. The lowest BCUT2D eigenvalue weighted by Crippen LogP contribution is -2.09. The first-order chi connectivity index (χ1) is 11.3. The monoisotopic (exact) mass is 309 g/mol. The number of hydrogen-bond donors (Lipinski definition) is 0. The lowest BCUT2D eigenvalue weighted by atomic mass is 10.1. The third-order valence-electron chi connectivity index (χ3n) is 3.24. The second kappa shape index (κ2) is 9.39. The van der Waals surface area contributed by atoms with Crippen molar-refractivity contribution in [3.05, 3.63) is 65.7 Å². The minimum absolute atomic E-state index is 0.0373. The van der Waals surface area contributed by atoms with Gasteiger partial charge in [-0.2, -0.15) is 5.26 Å². The number of carbonyl (C=O) groups excluding carboxylic acids is 1. The maximum absolute atomic E-state index is 11.9. The highest BCUT2D eigenvalue weighted by atomic mass is 16.5. The molecule has 0 heterocycles. The second-order valence-corrected chi connectivity index (χ2v) is 5.04. The molecule has 4 heteroatoms. The van der Waals surface area contributed by atoms with E-state index in [1.165, 1.54) is 0 Å². The summed E-state index contributed by atoms with van der Waals surface area (Å²) in [5, 5.41) is 8.41. The molecule has 118 valence electrons. The summed E-state index contributed by atoms with van der Waals surface area (Å²) in [5.74, 6) is 0.650. The van der Waals surface area contributed by atoms with Gasteiger partial charge in [0.2, 0.25) is 0 Å². The molecule has 2 aromatic carbocycles. The molecule has 0 aliphatic carbocycles. The maximum Gasteiger partial charge on any atom is 0.188 e. The number of nitrogens with zero attached hydrogens (tertiary/aromatic N) is 1. The molecule has 2 aromatic rings. The normalized spacial score (nSPS) is 10.0. The first-order valence-electron chi connectivity index (χ1n) is 7.54. The Morgan fingerprint density at radius 3 is 2.48 bits per heavy atom. The summed E-state index contributed by atoms with van der Waals surface area (Å²) in [6.07, 6.45) is 1.09. The van der Waals surface area contributed by atoms with Crippen LogP contribution in [0.25, 0.3) is 0 Å². The van der Waals surface area contributed by atoms with E-state index in [1.54, 1.807) is 24.3 Å². The van der Waals surface area contributed by atoms with Crippen molar-refractivity contribution in [2.75, 3.05) is 13.2 Å². The summed E-state index contributed by atoms with van der Waals surface area (Å²) in [7, 11) is 0. The smallest absolute Gasteiger partial charge is 0.188 e. The van der Waals surface area contributed by atoms with Gasteiger partial charge in [0.15, 0.2) is 5.78 Å². The number of benzene rings is 2. The Morgan fingerprint density at radius 1 is 1.04 bits per heavy atom. The molecular weight excluding hydrogens is 290 g/mol. The van der Waals surface area contributed by atoms with Crippen LogP contribution in [0.1, 0.15) is 28.8 Å². The highest BCUT2D eigenvalue weighted by Crippen LogP contribution is 2.14. The molecule has 0 atom stereocenters. The van der Waals surface area contributed by atoms with Crippen molar-refractivity contribution in [2.45, 2.75) is 19.4 Å². The summed E-state index contributed by atoms with van der Waals surface area (Å²) in [6.45, 7) is 0.962. The minimum Gasteiger partial charge on any atom is -0.489 e. The Kier molecular flexibility index (Phi) is 6.83. The van der Waals surface area contributed by atoms with Crippen molar-refractivity contribution in [3.8, 4) is 11.8 Å². The van der Waals surface area contributed by atoms with Gasteiger partial charge in [-0.25, -0.2) is 0 Å². The molecule has 0 saturated carbocycles. The van der Waals surface area contributed by atoms with Crippen LogP contribution in [0.5, 0.6) is 5.75 Å². The molecule has 0 radical (unpaired) electrons. The fraction of sp³-hybridized carbons (Fsp3) is 0.263. The van der Waals surface area contributed by atoms with Gasteiger partial charge in [0, 0.05) is 18.6 Å². The van der Waals surface area contributed by atoms with E-state index in [0.717, 1.165) is 11.3 Å². The molecule has 0 bridgehead atoms. The Morgan fingerprint density at radius 2 is 1.78 bits per heavy atom. The van der Waals surface area contributed by atoms with Crippen molar-refractivity contribution < 1.29 is 14.3 Å². The highest BCUT2D eigenvalue weighted by molar-refractivity contribution is 5.97. The summed E-state index contributed by atoms with van der Waals surface area (Å²) in [6, 6.07) is 19.0. The Balaban J connectivity index is 1.77.